The highest BCUT2D eigenvalue weighted by molar-refractivity contribution is 7.93. The molecule has 0 heterocycles. The third-order valence-electron chi connectivity index (χ3n) is 3.10. The molecule has 2 aromatic carbocycles. The van der Waals surface area contributed by atoms with Crippen LogP contribution in [0.5, 0.6) is 5.75 Å². The summed E-state index contributed by atoms with van der Waals surface area (Å²) in [6.45, 7) is -0.557. The zero-order chi connectivity index (χ0) is 17.9. The Balaban J connectivity index is 2.61. The normalized spacial score (nSPS) is 11.1. The third kappa shape index (κ3) is 3.92. The van der Waals surface area contributed by atoms with E-state index >= 15 is 0 Å². The molecule has 0 spiro atoms. The Labute approximate surface area is 149 Å². The standard InChI is InChI=1S/C15H14Cl2N2O4S/c1-23-12-4-2-3-11(8-12)19(9-15(18)20)24(21,22)14-7-10(16)5-6-13(14)17/h2-8H,9H2,1H3,(H2,18,20). The summed E-state index contributed by atoms with van der Waals surface area (Å²) in [4.78, 5) is 11.2. The van der Waals surface area contributed by atoms with Crippen molar-refractivity contribution >= 4 is 44.8 Å². The van der Waals surface area contributed by atoms with Gasteiger partial charge in [0.25, 0.3) is 10.0 Å². The number of nitrogens with zero attached hydrogens (tertiary/aromatic N) is 1. The van der Waals surface area contributed by atoms with Crippen molar-refractivity contribution in [2.24, 2.45) is 5.73 Å². The second kappa shape index (κ2) is 7.29. The highest BCUT2D eigenvalue weighted by atomic mass is 35.5. The highest BCUT2D eigenvalue weighted by Crippen LogP contribution is 2.31. The molecule has 9 heteroatoms. The average molecular weight is 389 g/mol. The fourth-order valence-electron chi connectivity index (χ4n) is 2.02. The van der Waals surface area contributed by atoms with Crippen molar-refractivity contribution in [3.63, 3.8) is 0 Å². The summed E-state index contributed by atoms with van der Waals surface area (Å²) in [6, 6.07) is 10.3. The van der Waals surface area contributed by atoms with Crippen LogP contribution in [0.1, 0.15) is 0 Å². The predicted molar refractivity (Wildman–Crippen MR) is 93.2 cm³/mol. The minimum absolute atomic E-state index is 0.0169. The zero-order valence-electron chi connectivity index (χ0n) is 12.6. The molecule has 24 heavy (non-hydrogen) atoms. The summed E-state index contributed by atoms with van der Waals surface area (Å²) in [5.74, 6) is -0.395. The van der Waals surface area contributed by atoms with E-state index in [1.165, 1.54) is 37.4 Å². The van der Waals surface area contributed by atoms with Gasteiger partial charge in [0.2, 0.25) is 5.91 Å². The van der Waals surface area contributed by atoms with E-state index in [0.29, 0.717) is 5.75 Å². The van der Waals surface area contributed by atoms with Gasteiger partial charge in [0.05, 0.1) is 17.8 Å². The van der Waals surface area contributed by atoms with Crippen LogP contribution in [0.3, 0.4) is 0 Å². The van der Waals surface area contributed by atoms with Gasteiger partial charge in [-0.2, -0.15) is 0 Å². The minimum Gasteiger partial charge on any atom is -0.497 e. The molecule has 2 N–H and O–H groups in total. The molecular weight excluding hydrogens is 375 g/mol. The van der Waals surface area contributed by atoms with E-state index in [2.05, 4.69) is 0 Å². The maximum atomic E-state index is 13.0. The average Bonchev–Trinajstić information content (AvgIpc) is 2.54. The Morgan fingerprint density at radius 2 is 1.92 bits per heavy atom. The molecular formula is C15H14Cl2N2O4S. The van der Waals surface area contributed by atoms with E-state index in [-0.39, 0.29) is 20.6 Å². The maximum Gasteiger partial charge on any atom is 0.266 e. The number of sulfonamides is 1. The van der Waals surface area contributed by atoms with Crippen LogP contribution in [-0.2, 0) is 14.8 Å². The lowest BCUT2D eigenvalue weighted by Gasteiger charge is -2.24. The van der Waals surface area contributed by atoms with Gasteiger partial charge in [0, 0.05) is 11.1 Å². The molecule has 0 aromatic heterocycles. The predicted octanol–water partition coefficient (Wildman–Crippen LogP) is 2.68. The summed E-state index contributed by atoms with van der Waals surface area (Å²) in [6.07, 6.45) is 0. The van der Waals surface area contributed by atoms with Crippen LogP contribution in [0.25, 0.3) is 0 Å². The van der Waals surface area contributed by atoms with Crippen molar-refractivity contribution in [1.82, 2.24) is 0 Å². The zero-order valence-corrected chi connectivity index (χ0v) is 14.9. The van der Waals surface area contributed by atoms with Gasteiger partial charge in [0.1, 0.15) is 17.2 Å². The van der Waals surface area contributed by atoms with Gasteiger partial charge in [0.15, 0.2) is 0 Å². The topological polar surface area (TPSA) is 89.7 Å². The number of rotatable bonds is 6. The first kappa shape index (κ1) is 18.4. The molecule has 2 rings (SSSR count). The quantitative estimate of drug-likeness (QED) is 0.823. The first-order valence-corrected chi connectivity index (χ1v) is 8.85. The van der Waals surface area contributed by atoms with E-state index in [9.17, 15) is 13.2 Å². The summed E-state index contributed by atoms with van der Waals surface area (Å²) >= 11 is 11.9. The number of methoxy groups -OCH3 is 1. The van der Waals surface area contributed by atoms with Crippen molar-refractivity contribution in [2.45, 2.75) is 4.90 Å². The molecule has 0 fully saturated rings. The first-order valence-electron chi connectivity index (χ1n) is 6.66. The molecule has 0 aliphatic heterocycles. The van der Waals surface area contributed by atoms with Crippen molar-refractivity contribution in [1.29, 1.82) is 0 Å². The molecule has 0 aliphatic rings. The molecule has 128 valence electrons. The third-order valence-corrected chi connectivity index (χ3v) is 5.59. The van der Waals surface area contributed by atoms with Crippen molar-refractivity contribution < 1.29 is 17.9 Å². The smallest absolute Gasteiger partial charge is 0.266 e. The lowest BCUT2D eigenvalue weighted by atomic mass is 10.3. The van der Waals surface area contributed by atoms with Crippen LogP contribution < -0.4 is 14.8 Å². The molecule has 1 amide bonds. The van der Waals surface area contributed by atoms with Crippen molar-refractivity contribution in [3.8, 4) is 5.75 Å². The lowest BCUT2D eigenvalue weighted by Crippen LogP contribution is -2.38. The van der Waals surface area contributed by atoms with Crippen LogP contribution in [-0.4, -0.2) is 28.0 Å². The summed E-state index contributed by atoms with van der Waals surface area (Å²) < 4.78 is 31.9. The van der Waals surface area contributed by atoms with Gasteiger partial charge in [-0.3, -0.25) is 9.10 Å². The molecule has 2 aromatic rings. The van der Waals surface area contributed by atoms with E-state index in [1.807, 2.05) is 0 Å². The number of hydrogen-bond acceptors (Lipinski definition) is 4. The summed E-state index contributed by atoms with van der Waals surface area (Å²) in [5, 5.41) is 0.180. The Morgan fingerprint density at radius 1 is 1.21 bits per heavy atom. The van der Waals surface area contributed by atoms with E-state index < -0.39 is 22.5 Å². The molecule has 0 unspecified atom stereocenters. The van der Waals surface area contributed by atoms with Gasteiger partial charge in [-0.25, -0.2) is 8.42 Å². The summed E-state index contributed by atoms with van der Waals surface area (Å²) in [7, 11) is -2.72. The Kier molecular flexibility index (Phi) is 5.58. The van der Waals surface area contributed by atoms with Crippen LogP contribution in [0.2, 0.25) is 10.0 Å². The highest BCUT2D eigenvalue weighted by Gasteiger charge is 2.29. The lowest BCUT2D eigenvalue weighted by molar-refractivity contribution is -0.116. The Morgan fingerprint density at radius 3 is 2.54 bits per heavy atom. The fraction of sp³-hybridized carbons (Fsp3) is 0.133. The number of primary amides is 1. The number of carbonyl (C=O) groups is 1. The first-order chi connectivity index (χ1) is 11.3. The van der Waals surface area contributed by atoms with Crippen LogP contribution in [0.15, 0.2) is 47.4 Å². The van der Waals surface area contributed by atoms with Gasteiger partial charge in [-0.15, -0.1) is 0 Å². The van der Waals surface area contributed by atoms with Crippen LogP contribution >= 0.6 is 23.2 Å². The number of halogens is 2. The van der Waals surface area contributed by atoms with E-state index in [1.54, 1.807) is 12.1 Å². The van der Waals surface area contributed by atoms with Crippen molar-refractivity contribution in [3.05, 3.63) is 52.5 Å². The number of hydrogen-bond donors (Lipinski definition) is 1. The molecule has 0 saturated heterocycles. The van der Waals surface area contributed by atoms with Gasteiger partial charge >= 0.3 is 0 Å². The fourth-order valence-corrected chi connectivity index (χ4v) is 4.18. The number of ether oxygens (including phenoxy) is 1. The molecule has 0 radical (unpaired) electrons. The molecule has 0 bridgehead atoms. The van der Waals surface area contributed by atoms with E-state index in [4.69, 9.17) is 33.7 Å². The largest absolute Gasteiger partial charge is 0.497 e. The Hall–Kier alpha value is -1.96. The van der Waals surface area contributed by atoms with Gasteiger partial charge in [-0.1, -0.05) is 29.3 Å². The number of nitrogens with two attached hydrogens (primary N) is 1. The van der Waals surface area contributed by atoms with Crippen molar-refractivity contribution in [2.75, 3.05) is 18.0 Å². The minimum atomic E-state index is -4.17. The molecule has 0 atom stereocenters. The second-order valence-corrected chi connectivity index (χ2v) is 7.43. The Bertz CT molecular complexity index is 872. The number of carbonyl (C=O) groups excluding carboxylic acids is 1. The second-order valence-electron chi connectivity index (χ2n) is 4.75. The summed E-state index contributed by atoms with van der Waals surface area (Å²) in [5.41, 5.74) is 5.42. The monoisotopic (exact) mass is 388 g/mol. The van der Waals surface area contributed by atoms with Gasteiger partial charge < -0.3 is 10.5 Å². The molecule has 0 aliphatic carbocycles. The maximum absolute atomic E-state index is 13.0. The van der Waals surface area contributed by atoms with E-state index in [0.717, 1.165) is 4.31 Å². The number of amides is 1. The molecule has 6 nitrogen and oxygen atoms in total. The number of benzene rings is 2. The van der Waals surface area contributed by atoms with Crippen LogP contribution in [0, 0.1) is 0 Å². The SMILES string of the molecule is COc1cccc(N(CC(N)=O)S(=O)(=O)c2cc(Cl)ccc2Cl)c1. The van der Waals surface area contributed by atoms with Gasteiger partial charge in [-0.05, 0) is 30.3 Å². The number of anilines is 1. The molecule has 0 saturated carbocycles. The van der Waals surface area contributed by atoms with Crippen LogP contribution in [0.4, 0.5) is 5.69 Å².